The molecule has 0 radical (unpaired) electrons. The maximum atomic E-state index is 6.28. The van der Waals surface area contributed by atoms with Crippen LogP contribution < -0.4 is 0 Å². The molecule has 0 spiro atoms. The molecule has 2 rings (SSSR count). The first-order chi connectivity index (χ1) is 9.48. The van der Waals surface area contributed by atoms with Crippen LogP contribution in [0.4, 0.5) is 0 Å². The van der Waals surface area contributed by atoms with Crippen molar-refractivity contribution in [3.8, 4) is 0 Å². The van der Waals surface area contributed by atoms with Crippen LogP contribution in [-0.4, -0.2) is 31.2 Å². The van der Waals surface area contributed by atoms with Crippen LogP contribution in [0, 0.1) is 11.8 Å². The smallest absolute Gasteiger partial charge is 0.163 e. The lowest BCUT2D eigenvalue weighted by molar-refractivity contribution is -0.339. The van der Waals surface area contributed by atoms with Crippen molar-refractivity contribution in [1.82, 2.24) is 0 Å². The van der Waals surface area contributed by atoms with Gasteiger partial charge in [-0.15, -0.1) is 6.58 Å². The summed E-state index contributed by atoms with van der Waals surface area (Å²) in [7, 11) is 1.72. The van der Waals surface area contributed by atoms with Crippen LogP contribution in [0.25, 0.3) is 0 Å². The first kappa shape index (κ1) is 16.0. The highest BCUT2D eigenvalue weighted by molar-refractivity contribution is 4.96. The molecule has 0 aromatic rings. The molecule has 1 saturated carbocycles. The number of methoxy groups -OCH3 is 1. The van der Waals surface area contributed by atoms with Gasteiger partial charge >= 0.3 is 0 Å². The Kier molecular flexibility index (Phi) is 5.27. The average Bonchev–Trinajstić information content (AvgIpc) is 2.44. The summed E-state index contributed by atoms with van der Waals surface area (Å²) >= 11 is 0. The maximum absolute atomic E-state index is 6.28. The van der Waals surface area contributed by atoms with Crippen molar-refractivity contribution in [2.45, 2.75) is 77.0 Å². The van der Waals surface area contributed by atoms with E-state index in [9.17, 15) is 0 Å². The fourth-order valence-corrected chi connectivity index (χ4v) is 3.80. The van der Waals surface area contributed by atoms with Gasteiger partial charge in [-0.1, -0.05) is 32.3 Å². The molecule has 1 aliphatic carbocycles. The second-order valence-electron chi connectivity index (χ2n) is 6.76. The minimum absolute atomic E-state index is 0.0215. The SMILES string of the molecule is C=C[C@H](OC)[C@@H]1OC(C)(C)O[C@H](C2CCCCC2)[C@H]1C. The van der Waals surface area contributed by atoms with Crippen molar-refractivity contribution in [2.75, 3.05) is 7.11 Å². The van der Waals surface area contributed by atoms with Gasteiger partial charge in [-0.2, -0.15) is 0 Å². The van der Waals surface area contributed by atoms with E-state index >= 15 is 0 Å². The number of hydrogen-bond donors (Lipinski definition) is 0. The van der Waals surface area contributed by atoms with E-state index in [0.717, 1.165) is 0 Å². The van der Waals surface area contributed by atoms with E-state index < -0.39 is 5.79 Å². The van der Waals surface area contributed by atoms with Gasteiger partial charge in [-0.05, 0) is 32.6 Å². The molecule has 2 aliphatic rings. The molecule has 2 fully saturated rings. The summed E-state index contributed by atoms with van der Waals surface area (Å²) < 4.78 is 18.0. The highest BCUT2D eigenvalue weighted by atomic mass is 16.7. The van der Waals surface area contributed by atoms with Crippen LogP contribution in [0.15, 0.2) is 12.7 Å². The first-order valence-corrected chi connectivity index (χ1v) is 7.99. The molecule has 1 heterocycles. The average molecular weight is 282 g/mol. The summed E-state index contributed by atoms with van der Waals surface area (Å²) in [4.78, 5) is 0. The van der Waals surface area contributed by atoms with E-state index in [0.29, 0.717) is 11.8 Å². The minimum atomic E-state index is -0.543. The summed E-state index contributed by atoms with van der Waals surface area (Å²) in [6.45, 7) is 10.1. The molecule has 116 valence electrons. The molecule has 0 aromatic carbocycles. The van der Waals surface area contributed by atoms with Gasteiger partial charge in [-0.3, -0.25) is 0 Å². The van der Waals surface area contributed by atoms with Crippen molar-refractivity contribution < 1.29 is 14.2 Å². The molecular formula is C17H30O3. The Labute approximate surface area is 123 Å². The van der Waals surface area contributed by atoms with Crippen LogP contribution in [-0.2, 0) is 14.2 Å². The monoisotopic (exact) mass is 282 g/mol. The molecule has 0 unspecified atom stereocenters. The van der Waals surface area contributed by atoms with Crippen LogP contribution in [0.5, 0.6) is 0 Å². The Morgan fingerprint density at radius 1 is 1.20 bits per heavy atom. The number of hydrogen-bond acceptors (Lipinski definition) is 3. The fraction of sp³-hybridized carbons (Fsp3) is 0.882. The topological polar surface area (TPSA) is 27.7 Å². The molecular weight excluding hydrogens is 252 g/mol. The van der Waals surface area contributed by atoms with E-state index in [1.807, 2.05) is 19.9 Å². The molecule has 0 aromatic heterocycles. The minimum Gasteiger partial charge on any atom is -0.375 e. The van der Waals surface area contributed by atoms with E-state index in [1.54, 1.807) is 7.11 Å². The molecule has 0 amide bonds. The predicted molar refractivity (Wildman–Crippen MR) is 80.6 cm³/mol. The Bertz CT molecular complexity index is 320. The summed E-state index contributed by atoms with van der Waals surface area (Å²) in [6, 6.07) is 0. The summed E-state index contributed by atoms with van der Waals surface area (Å²) in [6.07, 6.45) is 8.66. The highest BCUT2D eigenvalue weighted by Crippen LogP contribution is 2.40. The largest absolute Gasteiger partial charge is 0.375 e. The molecule has 4 atom stereocenters. The first-order valence-electron chi connectivity index (χ1n) is 7.99. The molecule has 3 heteroatoms. The summed E-state index contributed by atoms with van der Waals surface area (Å²) in [5.74, 6) is 0.444. The lowest BCUT2D eigenvalue weighted by atomic mass is 9.77. The zero-order valence-corrected chi connectivity index (χ0v) is 13.4. The zero-order chi connectivity index (χ0) is 14.8. The van der Waals surface area contributed by atoms with Crippen molar-refractivity contribution in [3.63, 3.8) is 0 Å². The van der Waals surface area contributed by atoms with Gasteiger partial charge in [0, 0.05) is 13.0 Å². The summed E-state index contributed by atoms with van der Waals surface area (Å²) in [5, 5.41) is 0. The van der Waals surface area contributed by atoms with Gasteiger partial charge in [0.15, 0.2) is 5.79 Å². The Balaban J connectivity index is 2.16. The second kappa shape index (κ2) is 6.59. The Morgan fingerprint density at radius 3 is 2.40 bits per heavy atom. The zero-order valence-electron chi connectivity index (χ0n) is 13.4. The van der Waals surface area contributed by atoms with E-state index in [2.05, 4.69) is 13.5 Å². The molecule has 1 saturated heterocycles. The Hall–Kier alpha value is -0.380. The van der Waals surface area contributed by atoms with Crippen LogP contribution in [0.1, 0.15) is 52.9 Å². The van der Waals surface area contributed by atoms with E-state index in [4.69, 9.17) is 14.2 Å². The van der Waals surface area contributed by atoms with Crippen molar-refractivity contribution in [1.29, 1.82) is 0 Å². The predicted octanol–water partition coefficient (Wildman–Crippen LogP) is 3.92. The van der Waals surface area contributed by atoms with E-state index in [-0.39, 0.29) is 18.3 Å². The van der Waals surface area contributed by atoms with Crippen LogP contribution in [0.3, 0.4) is 0 Å². The van der Waals surface area contributed by atoms with Crippen molar-refractivity contribution >= 4 is 0 Å². The fourth-order valence-electron chi connectivity index (χ4n) is 3.80. The van der Waals surface area contributed by atoms with Crippen LogP contribution in [0.2, 0.25) is 0 Å². The van der Waals surface area contributed by atoms with Gasteiger partial charge in [0.25, 0.3) is 0 Å². The third-order valence-electron chi connectivity index (χ3n) is 4.82. The number of ether oxygens (including phenoxy) is 3. The number of rotatable bonds is 4. The molecule has 1 aliphatic heterocycles. The van der Waals surface area contributed by atoms with Crippen LogP contribution >= 0.6 is 0 Å². The Morgan fingerprint density at radius 2 is 1.85 bits per heavy atom. The van der Waals surface area contributed by atoms with Gasteiger partial charge in [0.05, 0.1) is 12.2 Å². The second-order valence-corrected chi connectivity index (χ2v) is 6.76. The molecule has 20 heavy (non-hydrogen) atoms. The summed E-state index contributed by atoms with van der Waals surface area (Å²) in [5.41, 5.74) is 0. The van der Waals surface area contributed by atoms with Gasteiger partial charge < -0.3 is 14.2 Å². The molecule has 3 nitrogen and oxygen atoms in total. The van der Waals surface area contributed by atoms with Gasteiger partial charge in [0.2, 0.25) is 0 Å². The lowest BCUT2D eigenvalue weighted by Gasteiger charge is -2.49. The third-order valence-corrected chi connectivity index (χ3v) is 4.82. The van der Waals surface area contributed by atoms with Gasteiger partial charge in [-0.25, -0.2) is 0 Å². The van der Waals surface area contributed by atoms with E-state index in [1.165, 1.54) is 32.1 Å². The third kappa shape index (κ3) is 3.44. The lowest BCUT2D eigenvalue weighted by Crippen LogP contribution is -2.56. The maximum Gasteiger partial charge on any atom is 0.163 e. The molecule has 0 bridgehead atoms. The highest BCUT2D eigenvalue weighted by Gasteiger charge is 2.46. The quantitative estimate of drug-likeness (QED) is 0.731. The normalized spacial score (nSPS) is 36.5. The molecule has 0 N–H and O–H groups in total. The van der Waals surface area contributed by atoms with Crippen molar-refractivity contribution in [2.24, 2.45) is 11.8 Å². The van der Waals surface area contributed by atoms with Crippen molar-refractivity contribution in [3.05, 3.63) is 12.7 Å². The standard InChI is InChI=1S/C17H30O3/c1-6-14(18-5)16-12(2)15(19-17(3,4)20-16)13-10-8-7-9-11-13/h6,12-16H,1,7-11H2,2-5H3/t12-,14+,15+,16-/m1/s1. The van der Waals surface area contributed by atoms with Gasteiger partial charge in [0.1, 0.15) is 6.10 Å².